The number of para-hydroxylation sites is 2. The number of phenolic OH excluding ortho intramolecular Hbond substituents is 2. The van der Waals surface area contributed by atoms with Gasteiger partial charge >= 0.3 is 0 Å². The Kier molecular flexibility index (Phi) is 3.58. The first kappa shape index (κ1) is 13.0. The first-order chi connectivity index (χ1) is 9.75. The Balaban J connectivity index is 1.84. The summed E-state index contributed by atoms with van der Waals surface area (Å²) in [6.07, 6.45) is -0.677. The van der Waals surface area contributed by atoms with E-state index in [4.69, 9.17) is 9.47 Å². The smallest absolute Gasteiger partial charge is 0.121 e. The van der Waals surface area contributed by atoms with E-state index < -0.39 is 0 Å². The van der Waals surface area contributed by atoms with Gasteiger partial charge in [0.2, 0.25) is 0 Å². The second-order valence-corrected chi connectivity index (χ2v) is 4.77. The minimum absolute atomic E-state index is 0.194. The van der Waals surface area contributed by atoms with E-state index in [9.17, 15) is 10.2 Å². The molecule has 2 N–H and O–H groups in total. The fraction of sp³-hybridized carbons (Fsp3) is 0.250. The third-order valence-corrected chi connectivity index (χ3v) is 3.43. The highest BCUT2D eigenvalue weighted by Crippen LogP contribution is 2.37. The Morgan fingerprint density at radius 2 is 1.20 bits per heavy atom. The molecule has 0 bridgehead atoms. The molecule has 104 valence electrons. The maximum Gasteiger partial charge on any atom is 0.121 e. The zero-order valence-electron chi connectivity index (χ0n) is 10.9. The lowest BCUT2D eigenvalue weighted by Crippen LogP contribution is -2.25. The molecule has 0 radical (unpaired) electrons. The second-order valence-electron chi connectivity index (χ2n) is 4.77. The van der Waals surface area contributed by atoms with Gasteiger partial charge in [-0.15, -0.1) is 0 Å². The number of hydrogen-bond donors (Lipinski definition) is 2. The SMILES string of the molecule is Oc1ccccc1C1COCC(c2ccccc2O)O1. The first-order valence-electron chi connectivity index (χ1n) is 6.54. The van der Waals surface area contributed by atoms with Gasteiger partial charge in [-0.2, -0.15) is 0 Å². The molecule has 2 aromatic carbocycles. The molecule has 1 saturated heterocycles. The lowest BCUT2D eigenvalue weighted by Gasteiger charge is -2.31. The largest absolute Gasteiger partial charge is 0.508 e. The van der Waals surface area contributed by atoms with Gasteiger partial charge in [-0.1, -0.05) is 36.4 Å². The van der Waals surface area contributed by atoms with E-state index in [2.05, 4.69) is 0 Å². The van der Waals surface area contributed by atoms with Gasteiger partial charge in [0.05, 0.1) is 13.2 Å². The number of benzene rings is 2. The van der Waals surface area contributed by atoms with Gasteiger partial charge < -0.3 is 19.7 Å². The third kappa shape index (κ3) is 2.48. The molecule has 0 aliphatic carbocycles. The number of ether oxygens (including phenoxy) is 2. The van der Waals surface area contributed by atoms with Crippen molar-refractivity contribution in [3.63, 3.8) is 0 Å². The van der Waals surface area contributed by atoms with Crippen molar-refractivity contribution in [2.24, 2.45) is 0 Å². The van der Waals surface area contributed by atoms with Gasteiger partial charge in [0, 0.05) is 11.1 Å². The van der Waals surface area contributed by atoms with Gasteiger partial charge in [-0.25, -0.2) is 0 Å². The van der Waals surface area contributed by atoms with Crippen molar-refractivity contribution in [2.75, 3.05) is 13.2 Å². The second kappa shape index (κ2) is 5.53. The van der Waals surface area contributed by atoms with Gasteiger partial charge in [0.25, 0.3) is 0 Å². The Morgan fingerprint density at radius 1 is 0.750 bits per heavy atom. The average molecular weight is 272 g/mol. The van der Waals surface area contributed by atoms with Gasteiger partial charge in [0.15, 0.2) is 0 Å². The molecule has 1 fully saturated rings. The molecule has 0 amide bonds. The van der Waals surface area contributed by atoms with Crippen molar-refractivity contribution < 1.29 is 19.7 Å². The van der Waals surface area contributed by atoms with E-state index in [1.165, 1.54) is 0 Å². The maximum atomic E-state index is 9.89. The molecule has 1 aliphatic rings. The van der Waals surface area contributed by atoms with Gasteiger partial charge in [-0.05, 0) is 12.1 Å². The predicted octanol–water partition coefficient (Wildman–Crippen LogP) is 2.93. The summed E-state index contributed by atoms with van der Waals surface area (Å²) in [6.45, 7) is 0.781. The lowest BCUT2D eigenvalue weighted by atomic mass is 10.0. The molecule has 1 aliphatic heterocycles. The minimum Gasteiger partial charge on any atom is -0.508 e. The van der Waals surface area contributed by atoms with Crippen LogP contribution in [0.1, 0.15) is 23.3 Å². The van der Waals surface area contributed by atoms with Crippen molar-refractivity contribution in [2.45, 2.75) is 12.2 Å². The zero-order chi connectivity index (χ0) is 13.9. The molecular weight excluding hydrogens is 256 g/mol. The molecule has 2 aromatic rings. The third-order valence-electron chi connectivity index (χ3n) is 3.43. The summed E-state index contributed by atoms with van der Waals surface area (Å²) in [7, 11) is 0. The van der Waals surface area contributed by atoms with Crippen molar-refractivity contribution in [1.82, 2.24) is 0 Å². The summed E-state index contributed by atoms with van der Waals surface area (Å²) < 4.78 is 11.5. The number of rotatable bonds is 2. The van der Waals surface area contributed by atoms with E-state index in [-0.39, 0.29) is 23.7 Å². The van der Waals surface area contributed by atoms with Crippen LogP contribution >= 0.6 is 0 Å². The van der Waals surface area contributed by atoms with Crippen LogP contribution in [0.2, 0.25) is 0 Å². The summed E-state index contributed by atoms with van der Waals surface area (Å²) in [4.78, 5) is 0. The Morgan fingerprint density at radius 3 is 1.65 bits per heavy atom. The number of aromatic hydroxyl groups is 2. The van der Waals surface area contributed by atoms with Crippen LogP contribution in [-0.4, -0.2) is 23.4 Å². The minimum atomic E-state index is -0.338. The van der Waals surface area contributed by atoms with Crippen LogP contribution in [0.4, 0.5) is 0 Å². The van der Waals surface area contributed by atoms with E-state index in [1.807, 2.05) is 24.3 Å². The van der Waals surface area contributed by atoms with Crippen LogP contribution in [0.15, 0.2) is 48.5 Å². The van der Waals surface area contributed by atoms with Crippen LogP contribution in [-0.2, 0) is 9.47 Å². The van der Waals surface area contributed by atoms with E-state index in [0.717, 1.165) is 0 Å². The van der Waals surface area contributed by atoms with Crippen LogP contribution in [0, 0.1) is 0 Å². The summed E-state index contributed by atoms with van der Waals surface area (Å²) in [5.41, 5.74) is 1.40. The highest BCUT2D eigenvalue weighted by atomic mass is 16.6. The monoisotopic (exact) mass is 272 g/mol. The maximum absolute atomic E-state index is 9.89. The molecule has 0 aromatic heterocycles. The molecule has 20 heavy (non-hydrogen) atoms. The summed E-state index contributed by atoms with van der Waals surface area (Å²) in [6, 6.07) is 14.1. The predicted molar refractivity (Wildman–Crippen MR) is 73.6 cm³/mol. The summed E-state index contributed by atoms with van der Waals surface area (Å²) in [5, 5.41) is 19.8. The van der Waals surface area contributed by atoms with Crippen molar-refractivity contribution >= 4 is 0 Å². The van der Waals surface area contributed by atoms with Gasteiger partial charge in [0.1, 0.15) is 23.7 Å². The molecule has 0 saturated carbocycles. The quantitative estimate of drug-likeness (QED) is 0.882. The standard InChI is InChI=1S/C16H16O4/c17-13-7-3-1-5-11(13)15-9-19-10-16(20-15)12-6-2-4-8-14(12)18/h1-8,15-18H,9-10H2. The lowest BCUT2D eigenvalue weighted by molar-refractivity contribution is -0.143. The van der Waals surface area contributed by atoms with Crippen LogP contribution in [0.25, 0.3) is 0 Å². The van der Waals surface area contributed by atoms with E-state index >= 15 is 0 Å². The van der Waals surface area contributed by atoms with Crippen LogP contribution in [0.3, 0.4) is 0 Å². The molecule has 4 nitrogen and oxygen atoms in total. The van der Waals surface area contributed by atoms with E-state index in [1.54, 1.807) is 24.3 Å². The highest BCUT2D eigenvalue weighted by Gasteiger charge is 2.28. The summed E-state index contributed by atoms with van der Waals surface area (Å²) >= 11 is 0. The fourth-order valence-corrected chi connectivity index (χ4v) is 2.40. The molecule has 3 rings (SSSR count). The average Bonchev–Trinajstić information content (AvgIpc) is 2.48. The molecule has 2 unspecified atom stereocenters. The Labute approximate surface area is 117 Å². The molecule has 0 spiro atoms. The Hall–Kier alpha value is -2.04. The van der Waals surface area contributed by atoms with E-state index in [0.29, 0.717) is 24.3 Å². The van der Waals surface area contributed by atoms with Crippen LogP contribution < -0.4 is 0 Å². The van der Waals surface area contributed by atoms with Crippen molar-refractivity contribution in [3.8, 4) is 11.5 Å². The molecule has 2 atom stereocenters. The number of phenols is 2. The normalized spacial score (nSPS) is 22.6. The first-order valence-corrected chi connectivity index (χ1v) is 6.54. The fourth-order valence-electron chi connectivity index (χ4n) is 2.40. The zero-order valence-corrected chi connectivity index (χ0v) is 10.9. The topological polar surface area (TPSA) is 58.9 Å². The Bertz CT molecular complexity index is 545. The summed E-state index contributed by atoms with van der Waals surface area (Å²) in [5.74, 6) is 0.387. The number of hydrogen-bond acceptors (Lipinski definition) is 4. The molecule has 4 heteroatoms. The van der Waals surface area contributed by atoms with Crippen molar-refractivity contribution in [3.05, 3.63) is 59.7 Å². The van der Waals surface area contributed by atoms with Crippen LogP contribution in [0.5, 0.6) is 11.5 Å². The molecular formula is C16H16O4. The van der Waals surface area contributed by atoms with Crippen molar-refractivity contribution in [1.29, 1.82) is 0 Å². The molecule has 1 heterocycles. The highest BCUT2D eigenvalue weighted by molar-refractivity contribution is 5.36. The van der Waals surface area contributed by atoms with Gasteiger partial charge in [-0.3, -0.25) is 0 Å².